The Hall–Kier alpha value is -1.39. The molecule has 0 bridgehead atoms. The van der Waals surface area contributed by atoms with Crippen LogP contribution in [0.4, 0.5) is 0 Å². The Bertz CT molecular complexity index is 327. The summed E-state index contributed by atoms with van der Waals surface area (Å²) in [5.74, 6) is -0.0802. The fraction of sp³-hybridized carbons (Fsp3) is 0.700. The van der Waals surface area contributed by atoms with Crippen molar-refractivity contribution in [2.75, 3.05) is 6.54 Å². The van der Waals surface area contributed by atoms with E-state index >= 15 is 0 Å². The fourth-order valence-corrected chi connectivity index (χ4v) is 2.42. The molecule has 2 saturated heterocycles. The van der Waals surface area contributed by atoms with Crippen LogP contribution in [0, 0.1) is 0 Å². The van der Waals surface area contributed by atoms with Crippen LogP contribution in [0.2, 0.25) is 0 Å². The standard InChI is InChI=1S/C10H14N2O3/c1-6(13)4-7-2-3-8-10(15)11-5-9(14)12(7)8/h7-8H,2-5H2,1H3,(H,11,15). The molecule has 2 fully saturated rings. The maximum Gasteiger partial charge on any atom is 0.243 e. The first-order chi connectivity index (χ1) is 7.09. The molecular formula is C10H14N2O3. The summed E-state index contributed by atoms with van der Waals surface area (Å²) in [6.07, 6.45) is 1.80. The summed E-state index contributed by atoms with van der Waals surface area (Å²) in [6.45, 7) is 1.59. The minimum atomic E-state index is -0.337. The molecule has 2 atom stereocenters. The Morgan fingerprint density at radius 2 is 2.20 bits per heavy atom. The number of fused-ring (bicyclic) bond motifs is 1. The van der Waals surface area contributed by atoms with Crippen LogP contribution >= 0.6 is 0 Å². The van der Waals surface area contributed by atoms with Gasteiger partial charge in [-0.2, -0.15) is 0 Å². The first-order valence-electron chi connectivity index (χ1n) is 5.18. The smallest absolute Gasteiger partial charge is 0.243 e. The molecule has 2 unspecified atom stereocenters. The molecule has 0 aliphatic carbocycles. The lowest BCUT2D eigenvalue weighted by atomic mass is 10.1. The van der Waals surface area contributed by atoms with Crippen molar-refractivity contribution in [2.24, 2.45) is 0 Å². The molecule has 0 spiro atoms. The first kappa shape index (κ1) is 10.1. The SMILES string of the molecule is CC(=O)CC1CCC2C(=O)NCC(=O)N12. The van der Waals surface area contributed by atoms with Crippen LogP contribution in [0.25, 0.3) is 0 Å². The van der Waals surface area contributed by atoms with E-state index in [4.69, 9.17) is 0 Å². The van der Waals surface area contributed by atoms with Crippen molar-refractivity contribution in [2.45, 2.75) is 38.3 Å². The summed E-state index contributed by atoms with van der Waals surface area (Å²) in [7, 11) is 0. The van der Waals surface area contributed by atoms with Gasteiger partial charge in [0.05, 0.1) is 6.54 Å². The highest BCUT2D eigenvalue weighted by Crippen LogP contribution is 2.28. The van der Waals surface area contributed by atoms with Gasteiger partial charge in [0.25, 0.3) is 0 Å². The van der Waals surface area contributed by atoms with Crippen LogP contribution in [0.3, 0.4) is 0 Å². The molecule has 1 N–H and O–H groups in total. The van der Waals surface area contributed by atoms with Crippen molar-refractivity contribution in [3.05, 3.63) is 0 Å². The van der Waals surface area contributed by atoms with Crippen molar-refractivity contribution >= 4 is 17.6 Å². The molecule has 2 amide bonds. The highest BCUT2D eigenvalue weighted by molar-refractivity contribution is 5.95. The quantitative estimate of drug-likeness (QED) is 0.665. The van der Waals surface area contributed by atoms with Crippen LogP contribution in [0.15, 0.2) is 0 Å². The van der Waals surface area contributed by atoms with Gasteiger partial charge in [0.1, 0.15) is 11.8 Å². The van der Waals surface area contributed by atoms with E-state index in [-0.39, 0.29) is 36.2 Å². The largest absolute Gasteiger partial charge is 0.345 e. The zero-order chi connectivity index (χ0) is 11.0. The van der Waals surface area contributed by atoms with Crippen LogP contribution in [0.5, 0.6) is 0 Å². The molecule has 0 radical (unpaired) electrons. The highest BCUT2D eigenvalue weighted by atomic mass is 16.2. The normalized spacial score (nSPS) is 30.1. The molecule has 2 aliphatic heterocycles. The lowest BCUT2D eigenvalue weighted by Crippen LogP contribution is -2.57. The Morgan fingerprint density at radius 1 is 1.47 bits per heavy atom. The molecule has 5 heteroatoms. The van der Waals surface area contributed by atoms with Gasteiger partial charge in [-0.1, -0.05) is 0 Å². The van der Waals surface area contributed by atoms with Gasteiger partial charge in [-0.3, -0.25) is 14.4 Å². The van der Waals surface area contributed by atoms with Crippen molar-refractivity contribution in [3.63, 3.8) is 0 Å². The Morgan fingerprint density at radius 3 is 2.87 bits per heavy atom. The van der Waals surface area contributed by atoms with Crippen molar-refractivity contribution in [3.8, 4) is 0 Å². The summed E-state index contributed by atoms with van der Waals surface area (Å²) in [6, 6.07) is -0.401. The molecule has 0 aromatic rings. The maximum atomic E-state index is 11.6. The molecule has 0 aromatic carbocycles. The number of carbonyl (C=O) groups is 3. The van der Waals surface area contributed by atoms with E-state index in [1.165, 1.54) is 6.92 Å². The number of rotatable bonds is 2. The van der Waals surface area contributed by atoms with Crippen LogP contribution in [-0.4, -0.2) is 41.1 Å². The summed E-state index contributed by atoms with van der Waals surface area (Å²) in [4.78, 5) is 35.7. The molecule has 2 rings (SSSR count). The van der Waals surface area contributed by atoms with Crippen LogP contribution < -0.4 is 5.32 Å². The van der Waals surface area contributed by atoms with Crippen LogP contribution in [0.1, 0.15) is 26.2 Å². The van der Waals surface area contributed by atoms with Gasteiger partial charge in [0, 0.05) is 12.5 Å². The summed E-state index contributed by atoms with van der Waals surface area (Å²) >= 11 is 0. The van der Waals surface area contributed by atoms with Crippen molar-refractivity contribution < 1.29 is 14.4 Å². The molecule has 2 heterocycles. The topological polar surface area (TPSA) is 66.5 Å². The summed E-state index contributed by atoms with van der Waals surface area (Å²) < 4.78 is 0. The Kier molecular flexibility index (Phi) is 2.46. The highest BCUT2D eigenvalue weighted by Gasteiger charge is 2.43. The Labute approximate surface area is 87.8 Å². The third-order valence-electron chi connectivity index (χ3n) is 3.03. The van der Waals surface area contributed by atoms with Gasteiger partial charge in [0.15, 0.2) is 0 Å². The number of piperazine rings is 1. The predicted octanol–water partition coefficient (Wildman–Crippen LogP) is -0.545. The second-order valence-electron chi connectivity index (χ2n) is 4.17. The third-order valence-corrected chi connectivity index (χ3v) is 3.03. The monoisotopic (exact) mass is 210 g/mol. The number of hydrogen-bond donors (Lipinski definition) is 1. The zero-order valence-electron chi connectivity index (χ0n) is 8.66. The van der Waals surface area contributed by atoms with E-state index in [0.29, 0.717) is 12.8 Å². The van der Waals surface area contributed by atoms with Crippen molar-refractivity contribution in [1.82, 2.24) is 10.2 Å². The number of Topliss-reactive ketones (excluding diaryl/α,β-unsaturated/α-hetero) is 1. The average molecular weight is 210 g/mol. The maximum absolute atomic E-state index is 11.6. The van der Waals surface area contributed by atoms with Crippen LogP contribution in [-0.2, 0) is 14.4 Å². The third kappa shape index (κ3) is 1.73. The number of nitrogens with one attached hydrogen (secondary N) is 1. The molecule has 5 nitrogen and oxygen atoms in total. The van der Waals surface area contributed by atoms with Gasteiger partial charge in [0.2, 0.25) is 11.8 Å². The van der Waals surface area contributed by atoms with Gasteiger partial charge < -0.3 is 10.2 Å². The predicted molar refractivity (Wildman–Crippen MR) is 52.0 cm³/mol. The summed E-state index contributed by atoms with van der Waals surface area (Å²) in [5.41, 5.74) is 0. The van der Waals surface area contributed by atoms with E-state index < -0.39 is 0 Å². The number of nitrogens with zero attached hydrogens (tertiary/aromatic N) is 1. The summed E-state index contributed by atoms with van der Waals surface area (Å²) in [5, 5.41) is 2.56. The number of carbonyl (C=O) groups excluding carboxylic acids is 3. The van der Waals surface area contributed by atoms with Gasteiger partial charge >= 0.3 is 0 Å². The lowest BCUT2D eigenvalue weighted by molar-refractivity contribution is -0.145. The van der Waals surface area contributed by atoms with E-state index in [0.717, 1.165) is 6.42 Å². The first-order valence-corrected chi connectivity index (χ1v) is 5.18. The zero-order valence-corrected chi connectivity index (χ0v) is 8.66. The molecule has 0 aromatic heterocycles. The Balaban J connectivity index is 2.14. The molecule has 2 aliphatic rings. The molecule has 82 valence electrons. The van der Waals surface area contributed by atoms with Gasteiger partial charge in [-0.05, 0) is 19.8 Å². The fourth-order valence-electron chi connectivity index (χ4n) is 2.42. The second kappa shape index (κ2) is 3.64. The number of amides is 2. The van der Waals surface area contributed by atoms with E-state index in [2.05, 4.69) is 5.32 Å². The molecule has 0 saturated carbocycles. The minimum Gasteiger partial charge on any atom is -0.345 e. The van der Waals surface area contributed by atoms with E-state index in [9.17, 15) is 14.4 Å². The lowest BCUT2D eigenvalue weighted by Gasteiger charge is -2.33. The molecular weight excluding hydrogens is 196 g/mol. The average Bonchev–Trinajstić information content (AvgIpc) is 2.56. The molecule has 15 heavy (non-hydrogen) atoms. The van der Waals surface area contributed by atoms with Gasteiger partial charge in [-0.25, -0.2) is 0 Å². The minimum absolute atomic E-state index is 0.0638. The van der Waals surface area contributed by atoms with E-state index in [1.807, 2.05) is 0 Å². The second-order valence-corrected chi connectivity index (χ2v) is 4.17. The number of hydrogen-bond acceptors (Lipinski definition) is 3. The van der Waals surface area contributed by atoms with Crippen molar-refractivity contribution in [1.29, 1.82) is 0 Å². The van der Waals surface area contributed by atoms with E-state index in [1.54, 1.807) is 4.90 Å². The van der Waals surface area contributed by atoms with Gasteiger partial charge in [-0.15, -0.1) is 0 Å². The number of ketones is 1.